The van der Waals surface area contributed by atoms with Gasteiger partial charge in [-0.1, -0.05) is 6.07 Å². The Labute approximate surface area is 92.1 Å². The molecular weight excluding hydrogens is 208 g/mol. The number of esters is 1. The Morgan fingerprint density at radius 3 is 3.00 bits per heavy atom. The van der Waals surface area contributed by atoms with E-state index >= 15 is 0 Å². The van der Waals surface area contributed by atoms with Crippen molar-refractivity contribution in [3.63, 3.8) is 0 Å². The van der Waals surface area contributed by atoms with Gasteiger partial charge in [-0.25, -0.2) is 9.78 Å². The average Bonchev–Trinajstić information content (AvgIpc) is 2.80. The number of ether oxygens (including phenoxy) is 1. The van der Waals surface area contributed by atoms with Gasteiger partial charge in [0.2, 0.25) is 11.7 Å². The molecule has 0 aliphatic heterocycles. The highest BCUT2D eigenvalue weighted by atomic mass is 16.5. The summed E-state index contributed by atoms with van der Waals surface area (Å²) in [4.78, 5) is 19.3. The van der Waals surface area contributed by atoms with E-state index in [0.717, 1.165) is 0 Å². The third-order valence-corrected chi connectivity index (χ3v) is 1.87. The number of hydrogen-bond donors (Lipinski definition) is 0. The molecule has 2 aromatic rings. The number of carbonyl (C=O) groups is 1. The van der Waals surface area contributed by atoms with Gasteiger partial charge >= 0.3 is 5.97 Å². The minimum atomic E-state index is -0.516. The Morgan fingerprint density at radius 2 is 2.31 bits per heavy atom. The molecule has 2 heterocycles. The summed E-state index contributed by atoms with van der Waals surface area (Å²) in [6.45, 7) is 2.03. The van der Waals surface area contributed by atoms with Crippen molar-refractivity contribution >= 4 is 5.97 Å². The summed E-state index contributed by atoms with van der Waals surface area (Å²) >= 11 is 0. The molecule has 0 radical (unpaired) electrons. The van der Waals surface area contributed by atoms with E-state index in [1.165, 1.54) is 6.20 Å². The first kappa shape index (κ1) is 10.4. The van der Waals surface area contributed by atoms with Gasteiger partial charge < -0.3 is 9.15 Å². The molecule has 0 saturated carbocycles. The molecule has 0 N–H and O–H groups in total. The Hall–Kier alpha value is -2.17. The number of nitrogens with zero attached hydrogens (tertiary/aromatic N) is 2. The fraction of sp³-hybridized carbons (Fsp3) is 0.182. The molecule has 2 rings (SSSR count). The number of rotatable bonds is 3. The molecule has 0 saturated heterocycles. The lowest BCUT2D eigenvalue weighted by molar-refractivity contribution is 0.0491. The van der Waals surface area contributed by atoms with Gasteiger partial charge in [-0.3, -0.25) is 4.98 Å². The number of aromatic nitrogens is 2. The number of hydrogen-bond acceptors (Lipinski definition) is 5. The second kappa shape index (κ2) is 4.57. The van der Waals surface area contributed by atoms with Crippen molar-refractivity contribution in [2.24, 2.45) is 0 Å². The number of carbonyl (C=O) groups excluding carboxylic acids is 1. The molecule has 2 aromatic heterocycles. The van der Waals surface area contributed by atoms with Crippen LogP contribution in [0.1, 0.15) is 17.5 Å². The lowest BCUT2D eigenvalue weighted by atomic mass is 10.3. The van der Waals surface area contributed by atoms with Crippen LogP contribution in [0.2, 0.25) is 0 Å². The SMILES string of the molecule is CCOC(=O)c1cnc(-c2ccccn2)o1. The van der Waals surface area contributed by atoms with E-state index in [9.17, 15) is 4.79 Å². The van der Waals surface area contributed by atoms with Gasteiger partial charge in [-0.2, -0.15) is 0 Å². The third kappa shape index (κ3) is 2.08. The smallest absolute Gasteiger partial charge is 0.375 e. The Kier molecular flexibility index (Phi) is 2.95. The van der Waals surface area contributed by atoms with Crippen LogP contribution in [-0.4, -0.2) is 22.5 Å². The highest BCUT2D eigenvalue weighted by Crippen LogP contribution is 2.16. The van der Waals surface area contributed by atoms with Crippen LogP contribution in [0.15, 0.2) is 35.0 Å². The van der Waals surface area contributed by atoms with Crippen LogP contribution in [0.4, 0.5) is 0 Å². The quantitative estimate of drug-likeness (QED) is 0.736. The van der Waals surface area contributed by atoms with Crippen molar-refractivity contribution in [3.8, 4) is 11.6 Å². The highest BCUT2D eigenvalue weighted by Gasteiger charge is 2.14. The van der Waals surface area contributed by atoms with Crippen molar-refractivity contribution in [2.75, 3.05) is 6.61 Å². The zero-order valence-corrected chi connectivity index (χ0v) is 8.71. The molecule has 0 unspecified atom stereocenters. The van der Waals surface area contributed by atoms with E-state index in [1.807, 2.05) is 6.07 Å². The summed E-state index contributed by atoms with van der Waals surface area (Å²) in [6.07, 6.45) is 2.96. The molecule has 0 spiro atoms. The van der Waals surface area contributed by atoms with Gasteiger partial charge in [-0.05, 0) is 19.1 Å². The van der Waals surface area contributed by atoms with Crippen molar-refractivity contribution in [1.29, 1.82) is 0 Å². The van der Waals surface area contributed by atoms with Gasteiger partial charge in [0.05, 0.1) is 12.8 Å². The van der Waals surface area contributed by atoms with Gasteiger partial charge in [0.25, 0.3) is 0 Å². The predicted molar refractivity (Wildman–Crippen MR) is 55.7 cm³/mol. The van der Waals surface area contributed by atoms with Crippen molar-refractivity contribution in [3.05, 3.63) is 36.4 Å². The van der Waals surface area contributed by atoms with Crippen LogP contribution >= 0.6 is 0 Å². The van der Waals surface area contributed by atoms with E-state index < -0.39 is 5.97 Å². The van der Waals surface area contributed by atoms with Gasteiger partial charge in [0, 0.05) is 6.20 Å². The molecule has 0 aliphatic carbocycles. The van der Waals surface area contributed by atoms with Crippen LogP contribution in [0.3, 0.4) is 0 Å². The fourth-order valence-corrected chi connectivity index (χ4v) is 1.18. The number of oxazole rings is 1. The minimum Gasteiger partial charge on any atom is -0.460 e. The zero-order valence-electron chi connectivity index (χ0n) is 8.71. The van der Waals surface area contributed by atoms with Crippen molar-refractivity contribution in [2.45, 2.75) is 6.92 Å². The Balaban J connectivity index is 2.23. The highest BCUT2D eigenvalue weighted by molar-refractivity contribution is 5.86. The third-order valence-electron chi connectivity index (χ3n) is 1.87. The maximum absolute atomic E-state index is 11.3. The summed E-state index contributed by atoms with van der Waals surface area (Å²) in [7, 11) is 0. The summed E-state index contributed by atoms with van der Waals surface area (Å²) < 4.78 is 10.0. The summed E-state index contributed by atoms with van der Waals surface area (Å²) in [6, 6.07) is 5.36. The first-order valence-electron chi connectivity index (χ1n) is 4.85. The monoisotopic (exact) mass is 218 g/mol. The second-order valence-corrected chi connectivity index (χ2v) is 2.97. The molecule has 0 atom stereocenters. The first-order valence-corrected chi connectivity index (χ1v) is 4.85. The zero-order chi connectivity index (χ0) is 11.4. The Bertz CT molecular complexity index is 479. The van der Waals surface area contributed by atoms with E-state index in [1.54, 1.807) is 25.3 Å². The normalized spacial score (nSPS) is 10.1. The fourth-order valence-electron chi connectivity index (χ4n) is 1.18. The van der Waals surface area contributed by atoms with Gasteiger partial charge in [-0.15, -0.1) is 0 Å². The molecular formula is C11H10N2O3. The maximum atomic E-state index is 11.3. The van der Waals surface area contributed by atoms with Gasteiger partial charge in [0.1, 0.15) is 5.69 Å². The number of pyridine rings is 1. The molecule has 82 valence electrons. The first-order chi connectivity index (χ1) is 7.81. The summed E-state index contributed by atoms with van der Waals surface area (Å²) in [5.41, 5.74) is 0.582. The van der Waals surface area contributed by atoms with E-state index in [2.05, 4.69) is 9.97 Å². The second-order valence-electron chi connectivity index (χ2n) is 2.97. The summed E-state index contributed by atoms with van der Waals surface area (Å²) in [5.74, 6) is -0.122. The maximum Gasteiger partial charge on any atom is 0.375 e. The van der Waals surface area contributed by atoms with E-state index in [-0.39, 0.29) is 5.76 Å². The van der Waals surface area contributed by atoms with Crippen LogP contribution < -0.4 is 0 Å². The Morgan fingerprint density at radius 1 is 1.44 bits per heavy atom. The van der Waals surface area contributed by atoms with Crippen LogP contribution in [-0.2, 0) is 4.74 Å². The molecule has 0 aliphatic rings. The van der Waals surface area contributed by atoms with Crippen molar-refractivity contribution < 1.29 is 13.9 Å². The van der Waals surface area contributed by atoms with Crippen LogP contribution in [0.5, 0.6) is 0 Å². The topological polar surface area (TPSA) is 65.2 Å². The molecule has 0 bridgehead atoms. The molecule has 5 heteroatoms. The molecule has 0 fully saturated rings. The lowest BCUT2D eigenvalue weighted by Gasteiger charge is -1.96. The minimum absolute atomic E-state index is 0.0857. The summed E-state index contributed by atoms with van der Waals surface area (Å²) in [5, 5.41) is 0. The van der Waals surface area contributed by atoms with Crippen LogP contribution in [0.25, 0.3) is 11.6 Å². The van der Waals surface area contributed by atoms with Gasteiger partial charge in [0.15, 0.2) is 0 Å². The standard InChI is InChI=1S/C11H10N2O3/c1-2-15-11(14)9-7-13-10(16-9)8-5-3-4-6-12-8/h3-7H,2H2,1H3. The predicted octanol–water partition coefficient (Wildman–Crippen LogP) is 1.91. The lowest BCUT2D eigenvalue weighted by Crippen LogP contribution is -2.02. The molecule has 16 heavy (non-hydrogen) atoms. The van der Waals surface area contributed by atoms with Crippen molar-refractivity contribution in [1.82, 2.24) is 9.97 Å². The molecule has 5 nitrogen and oxygen atoms in total. The molecule has 0 amide bonds. The molecule has 0 aromatic carbocycles. The van der Waals surface area contributed by atoms with E-state index in [0.29, 0.717) is 18.2 Å². The average molecular weight is 218 g/mol. The largest absolute Gasteiger partial charge is 0.460 e. The van der Waals surface area contributed by atoms with E-state index in [4.69, 9.17) is 9.15 Å². The van der Waals surface area contributed by atoms with Crippen LogP contribution in [0, 0.1) is 0 Å².